The third-order valence-electron chi connectivity index (χ3n) is 5.00. The summed E-state index contributed by atoms with van der Waals surface area (Å²) in [5.41, 5.74) is 9.12. The highest BCUT2D eigenvalue weighted by Crippen LogP contribution is 2.46. The average Bonchev–Trinajstić information content (AvgIpc) is 2.93. The molecule has 2 heteroatoms. The number of fused-ring (bicyclic) bond motifs is 1. The van der Waals surface area contributed by atoms with Gasteiger partial charge in [0.15, 0.2) is 0 Å². The molecule has 19 heavy (non-hydrogen) atoms. The number of hydrogen-bond acceptors (Lipinski definition) is 2. The first-order chi connectivity index (χ1) is 9.10. The van der Waals surface area contributed by atoms with Gasteiger partial charge in [0.2, 0.25) is 0 Å². The zero-order valence-corrected chi connectivity index (χ0v) is 12.1. The summed E-state index contributed by atoms with van der Waals surface area (Å²) in [6, 6.07) is 6.52. The van der Waals surface area contributed by atoms with Crippen LogP contribution in [0.1, 0.15) is 43.7 Å². The molecule has 0 bridgehead atoms. The fourth-order valence-corrected chi connectivity index (χ4v) is 4.00. The minimum Gasteiger partial charge on any atom is -0.490 e. The van der Waals surface area contributed by atoms with Crippen molar-refractivity contribution in [1.29, 1.82) is 0 Å². The van der Waals surface area contributed by atoms with Gasteiger partial charge in [0, 0.05) is 6.42 Å². The van der Waals surface area contributed by atoms with Gasteiger partial charge in [-0.1, -0.05) is 31.0 Å². The van der Waals surface area contributed by atoms with Crippen LogP contribution in [0, 0.1) is 18.3 Å². The number of hydrogen-bond donors (Lipinski definition) is 1. The third kappa shape index (κ3) is 2.51. The Morgan fingerprint density at radius 2 is 2.26 bits per heavy atom. The highest BCUT2D eigenvalue weighted by Gasteiger charge is 2.40. The van der Waals surface area contributed by atoms with Crippen LogP contribution in [-0.2, 0) is 6.42 Å². The molecule has 3 rings (SSSR count). The van der Waals surface area contributed by atoms with Gasteiger partial charge >= 0.3 is 0 Å². The summed E-state index contributed by atoms with van der Waals surface area (Å²) in [6.07, 6.45) is 6.41. The summed E-state index contributed by atoms with van der Waals surface area (Å²) in [5, 5.41) is 0. The molecule has 1 aliphatic carbocycles. The fraction of sp³-hybridized carbons (Fsp3) is 0.647. The molecule has 0 radical (unpaired) electrons. The standard InChI is InChI=1S/C17H25NO/c1-12-3-4-16-14(7-12)8-15(19-16)10-17(11-18)6-5-13(2)9-17/h3-4,7,13,15H,5-6,8-11,18H2,1-2H3. The summed E-state index contributed by atoms with van der Waals surface area (Å²) >= 11 is 0. The molecule has 0 saturated heterocycles. The molecule has 3 unspecified atom stereocenters. The molecule has 2 N–H and O–H groups in total. The van der Waals surface area contributed by atoms with E-state index in [-0.39, 0.29) is 0 Å². The van der Waals surface area contributed by atoms with Crippen LogP contribution in [0.4, 0.5) is 0 Å². The lowest BCUT2D eigenvalue weighted by molar-refractivity contribution is 0.139. The second kappa shape index (κ2) is 4.82. The predicted molar refractivity (Wildman–Crippen MR) is 78.4 cm³/mol. The molecule has 0 amide bonds. The Kier molecular flexibility index (Phi) is 3.30. The van der Waals surface area contributed by atoms with Crippen LogP contribution < -0.4 is 10.5 Å². The van der Waals surface area contributed by atoms with Crippen LogP contribution >= 0.6 is 0 Å². The molecular formula is C17H25NO. The Balaban J connectivity index is 1.70. The van der Waals surface area contributed by atoms with Crippen LogP contribution in [0.2, 0.25) is 0 Å². The van der Waals surface area contributed by atoms with E-state index in [2.05, 4.69) is 32.0 Å². The maximum absolute atomic E-state index is 6.13. The smallest absolute Gasteiger partial charge is 0.123 e. The molecule has 104 valence electrons. The summed E-state index contributed by atoms with van der Waals surface area (Å²) in [5.74, 6) is 1.92. The van der Waals surface area contributed by atoms with Gasteiger partial charge < -0.3 is 10.5 Å². The van der Waals surface area contributed by atoms with Crippen molar-refractivity contribution in [3.05, 3.63) is 29.3 Å². The Labute approximate surface area is 116 Å². The van der Waals surface area contributed by atoms with E-state index in [9.17, 15) is 0 Å². The van der Waals surface area contributed by atoms with E-state index in [0.717, 1.165) is 31.1 Å². The molecule has 3 atom stereocenters. The van der Waals surface area contributed by atoms with E-state index in [0.29, 0.717) is 11.5 Å². The SMILES string of the molecule is Cc1ccc2c(c1)CC(CC1(CN)CCC(C)C1)O2. The highest BCUT2D eigenvalue weighted by molar-refractivity contribution is 5.40. The van der Waals surface area contributed by atoms with Gasteiger partial charge in [-0.2, -0.15) is 0 Å². The zero-order chi connectivity index (χ0) is 13.5. The van der Waals surface area contributed by atoms with Gasteiger partial charge in [-0.25, -0.2) is 0 Å². The van der Waals surface area contributed by atoms with E-state index in [4.69, 9.17) is 10.5 Å². The second-order valence-corrected chi connectivity index (χ2v) is 6.81. The summed E-state index contributed by atoms with van der Waals surface area (Å²) in [4.78, 5) is 0. The third-order valence-corrected chi connectivity index (χ3v) is 5.00. The van der Waals surface area contributed by atoms with Crippen molar-refractivity contribution in [3.63, 3.8) is 0 Å². The minimum absolute atomic E-state index is 0.334. The quantitative estimate of drug-likeness (QED) is 0.902. The normalized spacial score (nSPS) is 33.2. The van der Waals surface area contributed by atoms with E-state index in [1.807, 2.05) is 0 Å². The van der Waals surface area contributed by atoms with E-state index in [1.54, 1.807) is 0 Å². The van der Waals surface area contributed by atoms with Crippen LogP contribution in [0.5, 0.6) is 5.75 Å². The molecule has 1 heterocycles. The average molecular weight is 259 g/mol. The molecule has 0 aromatic heterocycles. The van der Waals surface area contributed by atoms with Crippen molar-refractivity contribution in [3.8, 4) is 5.75 Å². The Morgan fingerprint density at radius 3 is 2.95 bits per heavy atom. The van der Waals surface area contributed by atoms with Crippen LogP contribution in [0.3, 0.4) is 0 Å². The van der Waals surface area contributed by atoms with E-state index in [1.165, 1.54) is 30.4 Å². The van der Waals surface area contributed by atoms with Crippen LogP contribution in [0.25, 0.3) is 0 Å². The van der Waals surface area contributed by atoms with E-state index >= 15 is 0 Å². The van der Waals surface area contributed by atoms with Crippen molar-refractivity contribution < 1.29 is 4.74 Å². The summed E-state index contributed by atoms with van der Waals surface area (Å²) in [7, 11) is 0. The van der Waals surface area contributed by atoms with Crippen molar-refractivity contribution in [2.75, 3.05) is 6.54 Å². The Hall–Kier alpha value is -1.02. The van der Waals surface area contributed by atoms with Gasteiger partial charge in [0.05, 0.1) is 0 Å². The predicted octanol–water partition coefficient (Wildman–Crippen LogP) is 3.45. The Bertz CT molecular complexity index is 470. The summed E-state index contributed by atoms with van der Waals surface area (Å²) in [6.45, 7) is 5.31. The minimum atomic E-state index is 0.334. The maximum Gasteiger partial charge on any atom is 0.123 e. The van der Waals surface area contributed by atoms with Gasteiger partial charge in [0.1, 0.15) is 11.9 Å². The van der Waals surface area contributed by atoms with Crippen LogP contribution in [0.15, 0.2) is 18.2 Å². The monoisotopic (exact) mass is 259 g/mol. The van der Waals surface area contributed by atoms with Gasteiger partial charge in [-0.3, -0.25) is 0 Å². The first-order valence-electron chi connectivity index (χ1n) is 7.56. The molecule has 1 aromatic carbocycles. The largest absolute Gasteiger partial charge is 0.490 e. The summed E-state index contributed by atoms with van der Waals surface area (Å²) < 4.78 is 6.13. The molecule has 1 aliphatic heterocycles. The van der Waals surface area contributed by atoms with Crippen molar-refractivity contribution in [2.45, 2.75) is 52.1 Å². The fourth-order valence-electron chi connectivity index (χ4n) is 4.00. The molecule has 2 nitrogen and oxygen atoms in total. The first kappa shape index (κ1) is 13.0. The lowest BCUT2D eigenvalue weighted by atomic mass is 9.79. The van der Waals surface area contributed by atoms with E-state index < -0.39 is 0 Å². The topological polar surface area (TPSA) is 35.2 Å². The lowest BCUT2D eigenvalue weighted by Gasteiger charge is -2.30. The number of rotatable bonds is 3. The van der Waals surface area contributed by atoms with Crippen molar-refractivity contribution in [2.24, 2.45) is 17.1 Å². The zero-order valence-electron chi connectivity index (χ0n) is 12.1. The molecule has 2 aliphatic rings. The van der Waals surface area contributed by atoms with Gasteiger partial charge in [-0.05, 0) is 55.7 Å². The van der Waals surface area contributed by atoms with Crippen molar-refractivity contribution >= 4 is 0 Å². The molecular weight excluding hydrogens is 234 g/mol. The van der Waals surface area contributed by atoms with Gasteiger partial charge in [0.25, 0.3) is 0 Å². The lowest BCUT2D eigenvalue weighted by Crippen LogP contribution is -2.33. The number of aryl methyl sites for hydroxylation is 1. The van der Waals surface area contributed by atoms with Crippen LogP contribution in [-0.4, -0.2) is 12.6 Å². The number of ether oxygens (including phenoxy) is 1. The molecule has 1 fully saturated rings. The molecule has 1 saturated carbocycles. The first-order valence-corrected chi connectivity index (χ1v) is 7.56. The van der Waals surface area contributed by atoms with Gasteiger partial charge in [-0.15, -0.1) is 0 Å². The second-order valence-electron chi connectivity index (χ2n) is 6.81. The highest BCUT2D eigenvalue weighted by atomic mass is 16.5. The van der Waals surface area contributed by atoms with Crippen molar-refractivity contribution in [1.82, 2.24) is 0 Å². The number of benzene rings is 1. The molecule has 1 aromatic rings. The molecule has 0 spiro atoms. The number of nitrogens with two attached hydrogens (primary N) is 1. The maximum atomic E-state index is 6.13. The Morgan fingerprint density at radius 1 is 1.42 bits per heavy atom.